The van der Waals surface area contributed by atoms with E-state index in [0.717, 1.165) is 17.8 Å². The minimum absolute atomic E-state index is 0.0198. The summed E-state index contributed by atoms with van der Waals surface area (Å²) in [6, 6.07) is 5.43. The van der Waals surface area contributed by atoms with Crippen LogP contribution in [0.2, 0.25) is 5.02 Å². The van der Waals surface area contributed by atoms with E-state index >= 15 is 0 Å². The highest BCUT2D eigenvalue weighted by Gasteiger charge is 2.04. The van der Waals surface area contributed by atoms with Gasteiger partial charge in [0.05, 0.1) is 0 Å². The molecule has 1 aromatic rings. The van der Waals surface area contributed by atoms with Gasteiger partial charge in [0.1, 0.15) is 0 Å². The summed E-state index contributed by atoms with van der Waals surface area (Å²) in [7, 11) is 0. The monoisotopic (exact) mass is 240 g/mol. The Morgan fingerprint density at radius 1 is 1.44 bits per heavy atom. The van der Waals surface area contributed by atoms with Gasteiger partial charge in [-0.1, -0.05) is 18.5 Å². The largest absolute Gasteiger partial charge is 0.326 e. The van der Waals surface area contributed by atoms with Crippen molar-refractivity contribution in [1.29, 1.82) is 0 Å². The van der Waals surface area contributed by atoms with Crippen LogP contribution in [0.1, 0.15) is 18.9 Å². The molecule has 1 rings (SSSR count). The molecule has 0 fully saturated rings. The van der Waals surface area contributed by atoms with Crippen molar-refractivity contribution in [3.8, 4) is 0 Å². The second-order valence-electron chi connectivity index (χ2n) is 3.61. The fourth-order valence-corrected chi connectivity index (χ4v) is 1.59. The molecule has 0 saturated heterocycles. The van der Waals surface area contributed by atoms with Crippen LogP contribution in [0.25, 0.3) is 0 Å². The number of benzene rings is 1. The van der Waals surface area contributed by atoms with Crippen LogP contribution in [0, 0.1) is 6.92 Å². The molecule has 3 nitrogen and oxygen atoms in total. The summed E-state index contributed by atoms with van der Waals surface area (Å²) >= 11 is 5.83. The van der Waals surface area contributed by atoms with E-state index in [9.17, 15) is 4.79 Å². The normalized spacial score (nSPS) is 10.2. The van der Waals surface area contributed by atoms with Crippen molar-refractivity contribution < 1.29 is 4.79 Å². The van der Waals surface area contributed by atoms with Crippen molar-refractivity contribution >= 4 is 23.2 Å². The molecule has 0 atom stereocenters. The van der Waals surface area contributed by atoms with E-state index in [2.05, 4.69) is 10.6 Å². The van der Waals surface area contributed by atoms with E-state index in [1.165, 1.54) is 0 Å². The standard InChI is InChI=1S/C12H17ClN2O/c1-3-14-7-6-12(16)15-11-5-4-10(13)8-9(11)2/h4-5,8,14H,3,6-7H2,1-2H3,(H,15,16). The van der Waals surface area contributed by atoms with Gasteiger partial charge in [-0.3, -0.25) is 4.79 Å². The molecule has 0 aliphatic heterocycles. The number of halogens is 1. The highest BCUT2D eigenvalue weighted by Crippen LogP contribution is 2.19. The second kappa shape index (κ2) is 6.51. The van der Waals surface area contributed by atoms with Crippen molar-refractivity contribution in [3.63, 3.8) is 0 Å². The maximum Gasteiger partial charge on any atom is 0.225 e. The zero-order chi connectivity index (χ0) is 12.0. The average molecular weight is 241 g/mol. The Kier molecular flexibility index (Phi) is 5.29. The molecule has 0 saturated carbocycles. The van der Waals surface area contributed by atoms with Gasteiger partial charge in [-0.15, -0.1) is 0 Å². The highest BCUT2D eigenvalue weighted by molar-refractivity contribution is 6.30. The Morgan fingerprint density at radius 3 is 2.81 bits per heavy atom. The first-order valence-corrected chi connectivity index (χ1v) is 5.78. The van der Waals surface area contributed by atoms with Gasteiger partial charge in [-0.2, -0.15) is 0 Å². The number of carbonyl (C=O) groups is 1. The predicted molar refractivity (Wildman–Crippen MR) is 68.0 cm³/mol. The van der Waals surface area contributed by atoms with E-state index in [-0.39, 0.29) is 5.91 Å². The fraction of sp³-hybridized carbons (Fsp3) is 0.417. The second-order valence-corrected chi connectivity index (χ2v) is 4.05. The zero-order valence-corrected chi connectivity index (χ0v) is 10.4. The van der Waals surface area contributed by atoms with Crippen LogP contribution in [-0.2, 0) is 4.79 Å². The molecule has 0 bridgehead atoms. The summed E-state index contributed by atoms with van der Waals surface area (Å²) in [5, 5.41) is 6.65. The van der Waals surface area contributed by atoms with Crippen LogP contribution in [0.5, 0.6) is 0 Å². The summed E-state index contributed by atoms with van der Waals surface area (Å²) in [6.45, 7) is 5.52. The molecule has 1 amide bonds. The fourth-order valence-electron chi connectivity index (χ4n) is 1.36. The number of rotatable bonds is 5. The number of nitrogens with one attached hydrogen (secondary N) is 2. The SMILES string of the molecule is CCNCCC(=O)Nc1ccc(Cl)cc1C. The molecule has 0 radical (unpaired) electrons. The van der Waals surface area contributed by atoms with Gasteiger partial charge < -0.3 is 10.6 Å². The van der Waals surface area contributed by atoms with Gasteiger partial charge in [0.25, 0.3) is 0 Å². The van der Waals surface area contributed by atoms with Gasteiger partial charge in [0, 0.05) is 23.7 Å². The molecule has 0 aliphatic rings. The highest BCUT2D eigenvalue weighted by atomic mass is 35.5. The molecular formula is C12H17ClN2O. The minimum Gasteiger partial charge on any atom is -0.326 e. The summed E-state index contributed by atoms with van der Waals surface area (Å²) in [5.74, 6) is 0.0198. The van der Waals surface area contributed by atoms with Crippen LogP contribution in [0.3, 0.4) is 0 Å². The van der Waals surface area contributed by atoms with Gasteiger partial charge in [-0.05, 0) is 37.2 Å². The molecule has 0 aromatic heterocycles. The third kappa shape index (κ3) is 4.21. The minimum atomic E-state index is 0.0198. The number of anilines is 1. The summed E-state index contributed by atoms with van der Waals surface area (Å²) in [6.07, 6.45) is 0.482. The molecule has 1 aromatic carbocycles. The van der Waals surface area contributed by atoms with E-state index in [1.54, 1.807) is 6.07 Å². The summed E-state index contributed by atoms with van der Waals surface area (Å²) in [4.78, 5) is 11.5. The molecule has 0 aliphatic carbocycles. The molecule has 88 valence electrons. The predicted octanol–water partition coefficient (Wildman–Crippen LogP) is 2.59. The van der Waals surface area contributed by atoms with Crippen LogP contribution < -0.4 is 10.6 Å². The number of hydrogen-bond donors (Lipinski definition) is 2. The lowest BCUT2D eigenvalue weighted by Crippen LogP contribution is -2.21. The van der Waals surface area contributed by atoms with E-state index < -0.39 is 0 Å². The first kappa shape index (κ1) is 13.0. The van der Waals surface area contributed by atoms with E-state index in [1.807, 2.05) is 26.0 Å². The maximum absolute atomic E-state index is 11.5. The molecule has 0 unspecified atom stereocenters. The first-order valence-electron chi connectivity index (χ1n) is 5.40. The Morgan fingerprint density at radius 2 is 2.19 bits per heavy atom. The molecule has 4 heteroatoms. The van der Waals surface area contributed by atoms with E-state index in [0.29, 0.717) is 18.0 Å². The van der Waals surface area contributed by atoms with Crippen molar-refractivity contribution in [1.82, 2.24) is 5.32 Å². The molecule has 0 spiro atoms. The lowest BCUT2D eigenvalue weighted by Gasteiger charge is -2.08. The third-order valence-electron chi connectivity index (χ3n) is 2.24. The van der Waals surface area contributed by atoms with Crippen LogP contribution in [0.4, 0.5) is 5.69 Å². The Labute approximate surface area is 101 Å². The van der Waals surface area contributed by atoms with Gasteiger partial charge >= 0.3 is 0 Å². The third-order valence-corrected chi connectivity index (χ3v) is 2.48. The first-order chi connectivity index (χ1) is 7.63. The van der Waals surface area contributed by atoms with Gasteiger partial charge in [-0.25, -0.2) is 0 Å². The Hall–Kier alpha value is -1.06. The maximum atomic E-state index is 11.5. The zero-order valence-electron chi connectivity index (χ0n) is 9.64. The van der Waals surface area contributed by atoms with Crippen molar-refractivity contribution in [3.05, 3.63) is 28.8 Å². The number of hydrogen-bond acceptors (Lipinski definition) is 2. The van der Waals surface area contributed by atoms with Crippen molar-refractivity contribution in [2.24, 2.45) is 0 Å². The summed E-state index contributed by atoms with van der Waals surface area (Å²) in [5.41, 5.74) is 1.80. The van der Waals surface area contributed by atoms with Gasteiger partial charge in [0.2, 0.25) is 5.91 Å². The quantitative estimate of drug-likeness (QED) is 0.777. The molecule has 0 heterocycles. The van der Waals surface area contributed by atoms with Crippen molar-refractivity contribution in [2.75, 3.05) is 18.4 Å². The van der Waals surface area contributed by atoms with E-state index in [4.69, 9.17) is 11.6 Å². The van der Waals surface area contributed by atoms with Crippen LogP contribution in [-0.4, -0.2) is 19.0 Å². The van der Waals surface area contributed by atoms with Crippen LogP contribution >= 0.6 is 11.6 Å². The number of amides is 1. The molecular weight excluding hydrogens is 224 g/mol. The number of carbonyl (C=O) groups excluding carboxylic acids is 1. The van der Waals surface area contributed by atoms with Crippen molar-refractivity contribution in [2.45, 2.75) is 20.3 Å². The average Bonchev–Trinajstić information content (AvgIpc) is 2.23. The topological polar surface area (TPSA) is 41.1 Å². The Bertz CT molecular complexity index is 366. The number of aryl methyl sites for hydroxylation is 1. The van der Waals surface area contributed by atoms with Crippen LogP contribution in [0.15, 0.2) is 18.2 Å². The lowest BCUT2D eigenvalue weighted by atomic mass is 10.2. The molecule has 16 heavy (non-hydrogen) atoms. The smallest absolute Gasteiger partial charge is 0.225 e. The lowest BCUT2D eigenvalue weighted by molar-refractivity contribution is -0.116. The van der Waals surface area contributed by atoms with Gasteiger partial charge in [0.15, 0.2) is 0 Å². The Balaban J connectivity index is 2.49. The molecule has 2 N–H and O–H groups in total. The summed E-state index contributed by atoms with van der Waals surface area (Å²) < 4.78 is 0.